The number of para-hydroxylation sites is 1. The number of benzene rings is 2. The van der Waals surface area contributed by atoms with Crippen LogP contribution < -0.4 is 14.9 Å². The predicted molar refractivity (Wildman–Crippen MR) is 104 cm³/mol. The van der Waals surface area contributed by atoms with Crippen LogP contribution in [0.1, 0.15) is 24.5 Å². The number of hydrogen-bond donors (Lipinski definition) is 0. The molecule has 0 N–H and O–H groups in total. The molecule has 0 radical (unpaired) electrons. The van der Waals surface area contributed by atoms with Gasteiger partial charge in [0.05, 0.1) is 18.8 Å². The number of nitrogens with zero attached hydrogens (tertiary/aromatic N) is 1. The van der Waals surface area contributed by atoms with Crippen molar-refractivity contribution in [3.63, 3.8) is 0 Å². The first-order chi connectivity index (χ1) is 13.2. The van der Waals surface area contributed by atoms with E-state index >= 15 is 0 Å². The average Bonchev–Trinajstić information content (AvgIpc) is 2.88. The Morgan fingerprint density at radius 3 is 2.89 bits per heavy atom. The maximum absolute atomic E-state index is 12.8. The molecule has 1 aromatic heterocycles. The Morgan fingerprint density at radius 1 is 1.22 bits per heavy atom. The van der Waals surface area contributed by atoms with Gasteiger partial charge in [-0.1, -0.05) is 19.1 Å². The smallest absolute Gasteiger partial charge is 0.197 e. The molecule has 2 heterocycles. The van der Waals surface area contributed by atoms with Gasteiger partial charge in [0.15, 0.2) is 5.43 Å². The first-order valence-corrected chi connectivity index (χ1v) is 9.23. The van der Waals surface area contributed by atoms with Crippen molar-refractivity contribution in [2.45, 2.75) is 32.5 Å². The lowest BCUT2D eigenvalue weighted by Gasteiger charge is -2.22. The van der Waals surface area contributed by atoms with Crippen molar-refractivity contribution in [3.05, 3.63) is 70.1 Å². The van der Waals surface area contributed by atoms with Crippen LogP contribution in [-0.2, 0) is 13.1 Å². The van der Waals surface area contributed by atoms with Crippen molar-refractivity contribution < 1.29 is 13.9 Å². The molecule has 27 heavy (non-hydrogen) atoms. The van der Waals surface area contributed by atoms with Crippen LogP contribution in [0.15, 0.2) is 57.9 Å². The minimum Gasteiger partial charge on any atom is -0.497 e. The SMILES string of the molecule is CCC1CN(Cc2coc3ccccc3c2=O)Cc2cc(OC)ccc2O1. The fourth-order valence-corrected chi connectivity index (χ4v) is 3.53. The molecule has 1 atom stereocenters. The maximum atomic E-state index is 12.8. The second-order valence-electron chi connectivity index (χ2n) is 6.88. The summed E-state index contributed by atoms with van der Waals surface area (Å²) < 4.78 is 17.2. The van der Waals surface area contributed by atoms with Gasteiger partial charge in [-0.25, -0.2) is 0 Å². The number of hydrogen-bond acceptors (Lipinski definition) is 5. The molecule has 5 heteroatoms. The lowest BCUT2D eigenvalue weighted by molar-refractivity contribution is 0.139. The van der Waals surface area contributed by atoms with Crippen molar-refractivity contribution in [1.29, 1.82) is 0 Å². The Morgan fingerprint density at radius 2 is 2.07 bits per heavy atom. The monoisotopic (exact) mass is 365 g/mol. The van der Waals surface area contributed by atoms with E-state index in [0.717, 1.165) is 30.0 Å². The van der Waals surface area contributed by atoms with Crippen LogP contribution >= 0.6 is 0 Å². The highest BCUT2D eigenvalue weighted by atomic mass is 16.5. The van der Waals surface area contributed by atoms with Crippen molar-refractivity contribution in [3.8, 4) is 11.5 Å². The van der Waals surface area contributed by atoms with Crippen LogP contribution in [0.4, 0.5) is 0 Å². The van der Waals surface area contributed by atoms with Gasteiger partial charge in [0.2, 0.25) is 0 Å². The minimum atomic E-state index is 0.0286. The summed E-state index contributed by atoms with van der Waals surface area (Å²) in [6.07, 6.45) is 2.56. The van der Waals surface area contributed by atoms with Crippen LogP contribution in [-0.4, -0.2) is 24.7 Å². The summed E-state index contributed by atoms with van der Waals surface area (Å²) in [6.45, 7) is 4.07. The van der Waals surface area contributed by atoms with E-state index in [2.05, 4.69) is 11.8 Å². The molecule has 1 aliphatic rings. The highest BCUT2D eigenvalue weighted by Gasteiger charge is 2.23. The molecule has 1 unspecified atom stereocenters. The summed E-state index contributed by atoms with van der Waals surface area (Å²) in [5, 5.41) is 0.621. The lowest BCUT2D eigenvalue weighted by Crippen LogP contribution is -2.33. The van der Waals surface area contributed by atoms with E-state index in [0.29, 0.717) is 29.6 Å². The fraction of sp³-hybridized carbons (Fsp3) is 0.318. The Balaban J connectivity index is 1.66. The Kier molecular flexibility index (Phi) is 4.86. The van der Waals surface area contributed by atoms with Gasteiger partial charge in [0, 0.05) is 30.8 Å². The van der Waals surface area contributed by atoms with Gasteiger partial charge in [-0.15, -0.1) is 0 Å². The number of ether oxygens (including phenoxy) is 2. The highest BCUT2D eigenvalue weighted by Crippen LogP contribution is 2.30. The first kappa shape index (κ1) is 17.6. The molecule has 0 aliphatic carbocycles. The van der Waals surface area contributed by atoms with E-state index in [1.807, 2.05) is 42.5 Å². The van der Waals surface area contributed by atoms with E-state index in [-0.39, 0.29) is 11.5 Å². The molecule has 0 saturated carbocycles. The summed E-state index contributed by atoms with van der Waals surface area (Å²) in [5.41, 5.74) is 2.37. The highest BCUT2D eigenvalue weighted by molar-refractivity contribution is 5.76. The first-order valence-electron chi connectivity index (χ1n) is 9.23. The van der Waals surface area contributed by atoms with Crippen LogP contribution in [0.2, 0.25) is 0 Å². The van der Waals surface area contributed by atoms with Gasteiger partial charge in [-0.05, 0) is 36.8 Å². The van der Waals surface area contributed by atoms with Crippen LogP contribution in [0, 0.1) is 0 Å². The predicted octanol–water partition coefficient (Wildman–Crippen LogP) is 3.97. The maximum Gasteiger partial charge on any atom is 0.197 e. The quantitative estimate of drug-likeness (QED) is 0.700. The Labute approximate surface area is 158 Å². The largest absolute Gasteiger partial charge is 0.497 e. The van der Waals surface area contributed by atoms with Gasteiger partial charge in [0.25, 0.3) is 0 Å². The molecular weight excluding hydrogens is 342 g/mol. The Hall–Kier alpha value is -2.79. The molecule has 3 aromatic rings. The van der Waals surface area contributed by atoms with E-state index in [1.54, 1.807) is 13.4 Å². The summed E-state index contributed by atoms with van der Waals surface area (Å²) >= 11 is 0. The zero-order chi connectivity index (χ0) is 18.8. The Bertz CT molecular complexity index is 1010. The fourth-order valence-electron chi connectivity index (χ4n) is 3.53. The molecule has 0 bridgehead atoms. The molecule has 4 rings (SSSR count). The van der Waals surface area contributed by atoms with E-state index in [4.69, 9.17) is 13.9 Å². The van der Waals surface area contributed by atoms with Gasteiger partial charge in [-0.3, -0.25) is 9.69 Å². The van der Waals surface area contributed by atoms with Crippen LogP contribution in [0.3, 0.4) is 0 Å². The third kappa shape index (κ3) is 3.55. The summed E-state index contributed by atoms with van der Waals surface area (Å²) in [4.78, 5) is 15.1. The molecule has 1 aliphatic heterocycles. The summed E-state index contributed by atoms with van der Waals surface area (Å²) in [6, 6.07) is 13.2. The van der Waals surface area contributed by atoms with E-state index in [1.165, 1.54) is 0 Å². The van der Waals surface area contributed by atoms with Crippen molar-refractivity contribution in [1.82, 2.24) is 4.90 Å². The average molecular weight is 365 g/mol. The zero-order valence-corrected chi connectivity index (χ0v) is 15.6. The third-order valence-corrected chi connectivity index (χ3v) is 5.02. The van der Waals surface area contributed by atoms with Gasteiger partial charge < -0.3 is 13.9 Å². The minimum absolute atomic E-state index is 0.0286. The molecule has 0 amide bonds. The van der Waals surface area contributed by atoms with E-state index in [9.17, 15) is 4.79 Å². The standard InChI is InChI=1S/C22H23NO4/c1-3-17-13-23(11-15-10-18(25-2)8-9-20(15)27-17)12-16-14-26-21-7-5-4-6-19(21)22(16)24/h4-10,14,17H,3,11-13H2,1-2H3. The normalized spacial score (nSPS) is 17.2. The number of methoxy groups -OCH3 is 1. The van der Waals surface area contributed by atoms with Crippen molar-refractivity contribution >= 4 is 11.0 Å². The summed E-state index contributed by atoms with van der Waals surface area (Å²) in [7, 11) is 1.66. The van der Waals surface area contributed by atoms with Gasteiger partial charge in [0.1, 0.15) is 23.2 Å². The van der Waals surface area contributed by atoms with Crippen LogP contribution in [0.25, 0.3) is 11.0 Å². The van der Waals surface area contributed by atoms with Crippen molar-refractivity contribution in [2.24, 2.45) is 0 Å². The van der Waals surface area contributed by atoms with E-state index < -0.39 is 0 Å². The molecule has 5 nitrogen and oxygen atoms in total. The zero-order valence-electron chi connectivity index (χ0n) is 15.6. The van der Waals surface area contributed by atoms with Gasteiger partial charge in [-0.2, -0.15) is 0 Å². The lowest BCUT2D eigenvalue weighted by atomic mass is 10.1. The molecule has 140 valence electrons. The third-order valence-electron chi connectivity index (χ3n) is 5.02. The molecule has 0 spiro atoms. The second-order valence-corrected chi connectivity index (χ2v) is 6.88. The molecule has 0 fully saturated rings. The van der Waals surface area contributed by atoms with Crippen molar-refractivity contribution in [2.75, 3.05) is 13.7 Å². The van der Waals surface area contributed by atoms with Gasteiger partial charge >= 0.3 is 0 Å². The molecular formula is C22H23NO4. The van der Waals surface area contributed by atoms with Crippen LogP contribution in [0.5, 0.6) is 11.5 Å². The number of fused-ring (bicyclic) bond motifs is 2. The topological polar surface area (TPSA) is 51.9 Å². The molecule has 0 saturated heterocycles. The second kappa shape index (κ2) is 7.45. The molecule has 2 aromatic carbocycles. The summed E-state index contributed by atoms with van der Waals surface area (Å²) in [5.74, 6) is 1.69. The number of rotatable bonds is 4.